The lowest BCUT2D eigenvalue weighted by molar-refractivity contribution is -0.155. The Kier molecular flexibility index (Phi) is 6.55. The molecule has 0 unspecified atom stereocenters. The Balaban J connectivity index is 2.65. The van der Waals surface area contributed by atoms with Gasteiger partial charge in [0.05, 0.1) is 16.6 Å². The summed E-state index contributed by atoms with van der Waals surface area (Å²) in [5.74, 6) is -2.97. The van der Waals surface area contributed by atoms with E-state index < -0.39 is 43.2 Å². The summed E-state index contributed by atoms with van der Waals surface area (Å²) in [4.78, 5) is 38.6. The number of hydrogen-bond donors (Lipinski definition) is 0. The SMILES string of the molecule is CC(=O)C1=C(C(=O)OC(C)(C)C)[C@@H]2O[C@@]1(O[Si](C)(C)C(C)(C)C)C=C2OC(=O)C(C)(C)C. The van der Waals surface area contributed by atoms with Crippen molar-refractivity contribution in [3.63, 3.8) is 0 Å². The van der Waals surface area contributed by atoms with Gasteiger partial charge in [-0.1, -0.05) is 20.8 Å². The molecule has 0 amide bonds. The van der Waals surface area contributed by atoms with Gasteiger partial charge in [0.2, 0.25) is 5.79 Å². The van der Waals surface area contributed by atoms with E-state index in [1.807, 2.05) is 13.1 Å². The molecule has 0 aliphatic carbocycles. The molecule has 8 heteroatoms. The van der Waals surface area contributed by atoms with Crippen LogP contribution in [0.15, 0.2) is 23.0 Å². The first kappa shape index (κ1) is 26.5. The van der Waals surface area contributed by atoms with Crippen LogP contribution in [0.2, 0.25) is 18.1 Å². The van der Waals surface area contributed by atoms with Gasteiger partial charge in [0.15, 0.2) is 20.2 Å². The van der Waals surface area contributed by atoms with Gasteiger partial charge in [-0.15, -0.1) is 0 Å². The zero-order valence-corrected chi connectivity index (χ0v) is 22.5. The Labute approximate surface area is 192 Å². The average Bonchev–Trinajstić information content (AvgIpc) is 3.02. The Morgan fingerprint density at radius 3 is 1.94 bits per heavy atom. The van der Waals surface area contributed by atoms with Gasteiger partial charge >= 0.3 is 11.9 Å². The van der Waals surface area contributed by atoms with Crippen molar-refractivity contribution in [3.8, 4) is 0 Å². The van der Waals surface area contributed by atoms with Crippen molar-refractivity contribution in [2.24, 2.45) is 5.41 Å². The third-order valence-corrected chi connectivity index (χ3v) is 10.2. The van der Waals surface area contributed by atoms with Crippen LogP contribution in [0.3, 0.4) is 0 Å². The topological polar surface area (TPSA) is 88.1 Å². The maximum Gasteiger partial charge on any atom is 0.338 e. The smallest absolute Gasteiger partial charge is 0.338 e. The first-order chi connectivity index (χ1) is 14.1. The van der Waals surface area contributed by atoms with E-state index in [1.165, 1.54) is 13.0 Å². The molecule has 0 radical (unpaired) electrons. The first-order valence-corrected chi connectivity index (χ1v) is 13.8. The Hall–Kier alpha value is -1.77. The van der Waals surface area contributed by atoms with E-state index in [1.54, 1.807) is 41.5 Å². The molecule has 2 aliphatic heterocycles. The van der Waals surface area contributed by atoms with Crippen molar-refractivity contribution < 1.29 is 33.0 Å². The minimum atomic E-state index is -2.49. The molecule has 2 rings (SSSR count). The number of ketones is 1. The highest BCUT2D eigenvalue weighted by Gasteiger charge is 2.61. The predicted octanol–water partition coefficient (Wildman–Crippen LogP) is 4.82. The molecule has 0 aromatic heterocycles. The van der Waals surface area contributed by atoms with Crippen LogP contribution in [0.5, 0.6) is 0 Å². The van der Waals surface area contributed by atoms with Gasteiger partial charge in [-0.25, -0.2) is 4.79 Å². The van der Waals surface area contributed by atoms with Crippen molar-refractivity contribution in [2.45, 2.75) is 105 Å². The molecule has 180 valence electrons. The van der Waals surface area contributed by atoms with Crippen molar-refractivity contribution in [1.29, 1.82) is 0 Å². The normalized spacial score (nSPS) is 23.9. The van der Waals surface area contributed by atoms with E-state index in [0.29, 0.717) is 0 Å². The Bertz CT molecular complexity index is 891. The summed E-state index contributed by atoms with van der Waals surface area (Å²) in [6.45, 7) is 22.0. The summed E-state index contributed by atoms with van der Waals surface area (Å²) in [7, 11) is -2.49. The molecule has 0 fully saturated rings. The number of esters is 2. The molecule has 0 aromatic carbocycles. The maximum absolute atomic E-state index is 13.2. The van der Waals surface area contributed by atoms with Gasteiger partial charge in [-0.05, 0) is 66.6 Å². The van der Waals surface area contributed by atoms with Crippen molar-refractivity contribution >= 4 is 26.0 Å². The maximum atomic E-state index is 13.2. The fraction of sp³-hybridized carbons (Fsp3) is 0.708. The van der Waals surface area contributed by atoms with Crippen LogP contribution in [0.4, 0.5) is 0 Å². The third kappa shape index (κ3) is 5.07. The fourth-order valence-corrected chi connectivity index (χ4v) is 4.41. The van der Waals surface area contributed by atoms with Gasteiger partial charge in [0.1, 0.15) is 11.4 Å². The fourth-order valence-electron chi connectivity index (χ4n) is 3.14. The van der Waals surface area contributed by atoms with Gasteiger partial charge in [-0.3, -0.25) is 9.59 Å². The van der Waals surface area contributed by atoms with E-state index in [-0.39, 0.29) is 27.7 Å². The van der Waals surface area contributed by atoms with Gasteiger partial charge in [0.25, 0.3) is 0 Å². The summed E-state index contributed by atoms with van der Waals surface area (Å²) in [5.41, 5.74) is -1.41. The lowest BCUT2D eigenvalue weighted by atomic mass is 9.90. The lowest BCUT2D eigenvalue weighted by Gasteiger charge is -2.42. The van der Waals surface area contributed by atoms with Crippen molar-refractivity contribution in [2.75, 3.05) is 0 Å². The molecule has 2 aliphatic rings. The number of Topliss-reactive ketones (excluding diaryl/α,β-unsaturated/α-hetero) is 1. The van der Waals surface area contributed by atoms with Gasteiger partial charge in [-0.2, -0.15) is 0 Å². The highest BCUT2D eigenvalue weighted by molar-refractivity contribution is 6.74. The molecule has 0 N–H and O–H groups in total. The van der Waals surface area contributed by atoms with E-state index in [0.717, 1.165) is 0 Å². The predicted molar refractivity (Wildman–Crippen MR) is 123 cm³/mol. The van der Waals surface area contributed by atoms with Crippen LogP contribution in [0.25, 0.3) is 0 Å². The Morgan fingerprint density at radius 1 is 1.00 bits per heavy atom. The summed E-state index contributed by atoms with van der Waals surface area (Å²) in [5, 5.41) is -0.199. The molecule has 0 spiro atoms. The highest BCUT2D eigenvalue weighted by Crippen LogP contribution is 2.52. The van der Waals surface area contributed by atoms with Gasteiger partial charge < -0.3 is 18.6 Å². The number of rotatable bonds is 5. The summed E-state index contributed by atoms with van der Waals surface area (Å²) in [6.07, 6.45) is 0.478. The average molecular weight is 467 g/mol. The molecular formula is C24H38O7Si. The third-order valence-electron chi connectivity index (χ3n) is 5.77. The second kappa shape index (κ2) is 7.92. The molecule has 2 heterocycles. The molecule has 0 saturated heterocycles. The highest BCUT2D eigenvalue weighted by atomic mass is 28.4. The molecule has 0 saturated carbocycles. The van der Waals surface area contributed by atoms with Gasteiger partial charge in [0, 0.05) is 6.08 Å². The molecular weight excluding hydrogens is 428 g/mol. The van der Waals surface area contributed by atoms with Crippen LogP contribution >= 0.6 is 0 Å². The quantitative estimate of drug-likeness (QED) is 0.424. The summed E-state index contributed by atoms with van der Waals surface area (Å²) < 4.78 is 24.0. The number of carbonyl (C=O) groups excluding carboxylic acids is 3. The van der Waals surface area contributed by atoms with E-state index in [2.05, 4.69) is 20.8 Å². The second-order valence-corrected chi connectivity index (χ2v) is 16.8. The van der Waals surface area contributed by atoms with Crippen LogP contribution in [-0.2, 0) is 33.0 Å². The van der Waals surface area contributed by atoms with Crippen LogP contribution < -0.4 is 0 Å². The standard InChI is InChI=1S/C24H38O7Si/c1-14(25)17-16(19(26)30-22(5,6)7)18-15(28-20(27)21(2,3)4)13-24(17,29-18)31-32(11,12)23(8,9)10/h13,18H,1-12H3/t18-,24-/m1/s1. The van der Waals surface area contributed by atoms with Crippen LogP contribution in [-0.4, -0.2) is 43.5 Å². The number of hydrogen-bond acceptors (Lipinski definition) is 7. The van der Waals surface area contributed by atoms with Crippen molar-refractivity contribution in [1.82, 2.24) is 0 Å². The number of carbonyl (C=O) groups is 3. The van der Waals surface area contributed by atoms with E-state index >= 15 is 0 Å². The Morgan fingerprint density at radius 2 is 1.53 bits per heavy atom. The largest absolute Gasteiger partial charge is 0.457 e. The summed E-state index contributed by atoms with van der Waals surface area (Å²) >= 11 is 0. The molecule has 0 aromatic rings. The molecule has 32 heavy (non-hydrogen) atoms. The summed E-state index contributed by atoms with van der Waals surface area (Å²) in [6, 6.07) is 0. The monoisotopic (exact) mass is 466 g/mol. The lowest BCUT2D eigenvalue weighted by Crippen LogP contribution is -2.50. The van der Waals surface area contributed by atoms with E-state index in [9.17, 15) is 14.4 Å². The van der Waals surface area contributed by atoms with E-state index in [4.69, 9.17) is 18.6 Å². The minimum Gasteiger partial charge on any atom is -0.457 e. The minimum absolute atomic E-state index is 0.0327. The van der Waals surface area contributed by atoms with Crippen LogP contribution in [0.1, 0.15) is 69.2 Å². The molecule has 2 atom stereocenters. The number of ether oxygens (including phenoxy) is 3. The number of fused-ring (bicyclic) bond motifs is 2. The first-order valence-electron chi connectivity index (χ1n) is 10.9. The second-order valence-electron chi connectivity index (χ2n) is 12.1. The zero-order chi connectivity index (χ0) is 25.1. The zero-order valence-electron chi connectivity index (χ0n) is 21.5. The van der Waals surface area contributed by atoms with Crippen molar-refractivity contribution in [3.05, 3.63) is 23.0 Å². The van der Waals surface area contributed by atoms with Crippen LogP contribution in [0, 0.1) is 5.41 Å². The molecule has 2 bridgehead atoms. The molecule has 7 nitrogen and oxygen atoms in total.